The van der Waals surface area contributed by atoms with E-state index in [1.165, 1.54) is 34.5 Å². The third-order valence-electron chi connectivity index (χ3n) is 4.25. The first-order valence-electron chi connectivity index (χ1n) is 8.93. The molecule has 0 radical (unpaired) electrons. The van der Waals surface area contributed by atoms with Gasteiger partial charge >= 0.3 is 11.9 Å². The zero-order chi connectivity index (χ0) is 22.1. The minimum atomic E-state index is -0.685. The summed E-state index contributed by atoms with van der Waals surface area (Å²) >= 11 is 0. The van der Waals surface area contributed by atoms with Crippen LogP contribution in [0.25, 0.3) is 12.2 Å². The van der Waals surface area contributed by atoms with Gasteiger partial charge in [-0.05, 0) is 47.5 Å². The number of carbonyl (C=O) groups is 2. The number of carbonyl (C=O) groups excluding carboxylic acids is 2. The van der Waals surface area contributed by atoms with E-state index in [0.717, 1.165) is 0 Å². The van der Waals surface area contributed by atoms with Gasteiger partial charge in [0, 0.05) is 0 Å². The molecule has 0 saturated carbocycles. The number of hydrogen-bond acceptors (Lipinski definition) is 7. The average molecular weight is 412 g/mol. The fourth-order valence-corrected chi connectivity index (χ4v) is 2.69. The van der Waals surface area contributed by atoms with Gasteiger partial charge < -0.3 is 23.7 Å². The molecule has 2 aromatic rings. The summed E-state index contributed by atoms with van der Waals surface area (Å²) in [6, 6.07) is 12.1. The second kappa shape index (κ2) is 10.7. The fourth-order valence-electron chi connectivity index (χ4n) is 2.69. The summed E-state index contributed by atoms with van der Waals surface area (Å²) in [5.74, 6) is 0.323. The van der Waals surface area contributed by atoms with E-state index in [-0.39, 0.29) is 11.1 Å². The number of rotatable bonds is 8. The van der Waals surface area contributed by atoms with E-state index < -0.39 is 11.9 Å². The Labute approximate surface area is 175 Å². The SMILES string of the molecule is COC(=O)C(=C/c1ccc(OC)cc1)/C(=C\c1ccc(OC)c(OC)c1)C(=O)OC. The first-order valence-corrected chi connectivity index (χ1v) is 8.93. The summed E-state index contributed by atoms with van der Waals surface area (Å²) in [5.41, 5.74) is 1.37. The lowest BCUT2D eigenvalue weighted by atomic mass is 10.00. The number of ether oxygens (including phenoxy) is 5. The van der Waals surface area contributed by atoms with Gasteiger partial charge in [-0.1, -0.05) is 18.2 Å². The van der Waals surface area contributed by atoms with Crippen LogP contribution in [-0.4, -0.2) is 47.5 Å². The van der Waals surface area contributed by atoms with Gasteiger partial charge in [-0.25, -0.2) is 9.59 Å². The average Bonchev–Trinajstić information content (AvgIpc) is 2.80. The van der Waals surface area contributed by atoms with Crippen molar-refractivity contribution < 1.29 is 33.3 Å². The van der Waals surface area contributed by atoms with Crippen LogP contribution in [0.4, 0.5) is 0 Å². The second-order valence-electron chi connectivity index (χ2n) is 5.99. The summed E-state index contributed by atoms with van der Waals surface area (Å²) in [6.45, 7) is 0. The Balaban J connectivity index is 2.61. The molecule has 0 aliphatic rings. The molecule has 0 saturated heterocycles. The summed E-state index contributed by atoms with van der Waals surface area (Å²) in [6.07, 6.45) is 3.08. The van der Waals surface area contributed by atoms with E-state index >= 15 is 0 Å². The first kappa shape index (κ1) is 22.5. The molecule has 158 valence electrons. The Bertz CT molecular complexity index is 956. The molecule has 0 atom stereocenters. The van der Waals surface area contributed by atoms with E-state index in [4.69, 9.17) is 23.7 Å². The lowest BCUT2D eigenvalue weighted by Crippen LogP contribution is -2.15. The Kier molecular flexibility index (Phi) is 8.05. The maximum absolute atomic E-state index is 12.5. The van der Waals surface area contributed by atoms with Gasteiger partial charge in [0.25, 0.3) is 0 Å². The van der Waals surface area contributed by atoms with Crippen molar-refractivity contribution in [2.24, 2.45) is 0 Å². The van der Waals surface area contributed by atoms with Crippen LogP contribution >= 0.6 is 0 Å². The van der Waals surface area contributed by atoms with Crippen molar-refractivity contribution in [3.63, 3.8) is 0 Å². The Morgan fingerprint density at radius 3 is 1.60 bits per heavy atom. The summed E-state index contributed by atoms with van der Waals surface area (Å²) in [7, 11) is 7.09. The number of hydrogen-bond donors (Lipinski definition) is 0. The van der Waals surface area contributed by atoms with Crippen molar-refractivity contribution in [1.29, 1.82) is 0 Å². The van der Waals surface area contributed by atoms with Crippen LogP contribution in [0.1, 0.15) is 11.1 Å². The van der Waals surface area contributed by atoms with Crippen LogP contribution in [-0.2, 0) is 19.1 Å². The van der Waals surface area contributed by atoms with Gasteiger partial charge in [-0.15, -0.1) is 0 Å². The predicted molar refractivity (Wildman–Crippen MR) is 113 cm³/mol. The highest BCUT2D eigenvalue weighted by Gasteiger charge is 2.23. The highest BCUT2D eigenvalue weighted by atomic mass is 16.5. The van der Waals surface area contributed by atoms with E-state index in [0.29, 0.717) is 28.4 Å². The number of esters is 2. The molecule has 0 aromatic heterocycles. The van der Waals surface area contributed by atoms with Crippen LogP contribution in [0.2, 0.25) is 0 Å². The molecular weight excluding hydrogens is 388 g/mol. The van der Waals surface area contributed by atoms with Crippen molar-refractivity contribution in [3.05, 3.63) is 64.7 Å². The smallest absolute Gasteiger partial charge is 0.338 e. The molecule has 2 rings (SSSR count). The predicted octanol–water partition coefficient (Wildman–Crippen LogP) is 3.53. The van der Waals surface area contributed by atoms with Crippen LogP contribution in [0.15, 0.2) is 53.6 Å². The van der Waals surface area contributed by atoms with Crippen LogP contribution < -0.4 is 14.2 Å². The maximum Gasteiger partial charge on any atom is 0.338 e. The van der Waals surface area contributed by atoms with Crippen LogP contribution in [0, 0.1) is 0 Å². The molecule has 0 heterocycles. The molecule has 30 heavy (non-hydrogen) atoms. The van der Waals surface area contributed by atoms with Gasteiger partial charge in [0.15, 0.2) is 11.5 Å². The summed E-state index contributed by atoms with van der Waals surface area (Å²) < 4.78 is 25.5. The largest absolute Gasteiger partial charge is 0.497 e. The fraction of sp³-hybridized carbons (Fsp3) is 0.217. The Morgan fingerprint density at radius 1 is 0.633 bits per heavy atom. The van der Waals surface area contributed by atoms with Crippen LogP contribution in [0.5, 0.6) is 17.2 Å². The molecule has 0 aliphatic heterocycles. The minimum absolute atomic E-state index is 0.0346. The van der Waals surface area contributed by atoms with Gasteiger partial charge in [-0.2, -0.15) is 0 Å². The van der Waals surface area contributed by atoms with Crippen molar-refractivity contribution in [2.75, 3.05) is 35.5 Å². The van der Waals surface area contributed by atoms with Crippen molar-refractivity contribution >= 4 is 24.1 Å². The third kappa shape index (κ3) is 5.41. The van der Waals surface area contributed by atoms with Gasteiger partial charge in [0.2, 0.25) is 0 Å². The Hall–Kier alpha value is -3.74. The van der Waals surface area contributed by atoms with E-state index in [2.05, 4.69) is 0 Å². The molecular formula is C23H24O7. The zero-order valence-electron chi connectivity index (χ0n) is 17.6. The molecule has 0 bridgehead atoms. The molecule has 0 unspecified atom stereocenters. The third-order valence-corrected chi connectivity index (χ3v) is 4.25. The second-order valence-corrected chi connectivity index (χ2v) is 5.99. The lowest BCUT2D eigenvalue weighted by Gasteiger charge is -2.11. The summed E-state index contributed by atoms with van der Waals surface area (Å²) in [5, 5.41) is 0. The quantitative estimate of drug-likeness (QED) is 0.373. The summed E-state index contributed by atoms with van der Waals surface area (Å²) in [4.78, 5) is 25.0. The minimum Gasteiger partial charge on any atom is -0.497 e. The Morgan fingerprint density at radius 2 is 1.13 bits per heavy atom. The van der Waals surface area contributed by atoms with Crippen LogP contribution in [0.3, 0.4) is 0 Å². The van der Waals surface area contributed by atoms with E-state index in [9.17, 15) is 9.59 Å². The normalized spacial score (nSPS) is 11.5. The topological polar surface area (TPSA) is 80.3 Å². The van der Waals surface area contributed by atoms with Crippen molar-refractivity contribution in [1.82, 2.24) is 0 Å². The lowest BCUT2D eigenvalue weighted by molar-refractivity contribution is -0.139. The standard InChI is InChI=1S/C23H24O7/c1-26-17-9-6-15(7-10-17)12-18(22(24)29-4)19(23(25)30-5)13-16-8-11-20(27-2)21(14-16)28-3/h6-14H,1-5H3/b18-12+,19-13+. The van der Waals surface area contributed by atoms with E-state index in [1.54, 1.807) is 55.7 Å². The van der Waals surface area contributed by atoms with Gasteiger partial charge in [-0.3, -0.25) is 0 Å². The van der Waals surface area contributed by atoms with Gasteiger partial charge in [0.05, 0.1) is 46.7 Å². The van der Waals surface area contributed by atoms with Crippen molar-refractivity contribution in [3.8, 4) is 17.2 Å². The monoisotopic (exact) mass is 412 g/mol. The molecule has 7 nitrogen and oxygen atoms in total. The maximum atomic E-state index is 12.5. The molecule has 0 fully saturated rings. The molecule has 0 spiro atoms. The number of benzene rings is 2. The van der Waals surface area contributed by atoms with Crippen molar-refractivity contribution in [2.45, 2.75) is 0 Å². The molecule has 0 N–H and O–H groups in total. The zero-order valence-corrected chi connectivity index (χ0v) is 17.6. The first-order chi connectivity index (χ1) is 14.5. The highest BCUT2D eigenvalue weighted by Crippen LogP contribution is 2.30. The highest BCUT2D eigenvalue weighted by molar-refractivity contribution is 6.12. The molecule has 0 amide bonds. The molecule has 2 aromatic carbocycles. The molecule has 0 aliphatic carbocycles. The number of methoxy groups -OCH3 is 5. The molecule has 7 heteroatoms. The van der Waals surface area contributed by atoms with Gasteiger partial charge in [0.1, 0.15) is 5.75 Å². The van der Waals surface area contributed by atoms with E-state index in [1.807, 2.05) is 0 Å².